The molecule has 0 bridgehead atoms. The number of aryl methyl sites for hydroxylation is 1. The van der Waals surface area contributed by atoms with Crippen LogP contribution in [0.15, 0.2) is 69.8 Å². The predicted molar refractivity (Wildman–Crippen MR) is 116 cm³/mol. The highest BCUT2D eigenvalue weighted by atomic mass is 35.5. The van der Waals surface area contributed by atoms with Crippen molar-refractivity contribution in [2.24, 2.45) is 7.05 Å². The molecule has 4 rings (SSSR count). The highest BCUT2D eigenvalue weighted by molar-refractivity contribution is 6.32. The van der Waals surface area contributed by atoms with Crippen LogP contribution in [0, 0.1) is 0 Å². The second-order valence-corrected chi connectivity index (χ2v) is 7.14. The highest BCUT2D eigenvalue weighted by Gasteiger charge is 2.21. The number of halogens is 1. The lowest BCUT2D eigenvalue weighted by Crippen LogP contribution is -2.26. The van der Waals surface area contributed by atoms with Crippen LogP contribution in [0.5, 0.6) is 5.75 Å². The molecule has 9 nitrogen and oxygen atoms in total. The van der Waals surface area contributed by atoms with Gasteiger partial charge in [-0.3, -0.25) is 14.3 Å². The largest absolute Gasteiger partial charge is 0.484 e. The number of nitrogens with one attached hydrogen (secondary N) is 2. The number of para-hydroxylation sites is 1. The van der Waals surface area contributed by atoms with Gasteiger partial charge >= 0.3 is 0 Å². The molecule has 4 aromatic rings. The molecule has 0 saturated carbocycles. The van der Waals surface area contributed by atoms with Gasteiger partial charge in [0.25, 0.3) is 11.8 Å². The third-order valence-corrected chi connectivity index (χ3v) is 4.81. The first kappa shape index (κ1) is 21.3. The summed E-state index contributed by atoms with van der Waals surface area (Å²) in [6, 6.07) is 13.7. The van der Waals surface area contributed by atoms with E-state index >= 15 is 0 Å². The van der Waals surface area contributed by atoms with E-state index in [0.717, 1.165) is 0 Å². The number of ether oxygens (including phenoxy) is 1. The summed E-state index contributed by atoms with van der Waals surface area (Å²) in [7, 11) is 1.61. The molecular formula is C22H19ClN4O5. The van der Waals surface area contributed by atoms with Gasteiger partial charge in [-0.25, -0.2) is 0 Å². The van der Waals surface area contributed by atoms with E-state index < -0.39 is 11.8 Å². The summed E-state index contributed by atoms with van der Waals surface area (Å²) >= 11 is 6.06. The quantitative estimate of drug-likeness (QED) is 0.416. The molecule has 3 aromatic heterocycles. The van der Waals surface area contributed by atoms with Crippen LogP contribution < -0.4 is 15.4 Å². The van der Waals surface area contributed by atoms with Gasteiger partial charge in [-0.1, -0.05) is 23.7 Å². The topological polar surface area (TPSA) is 112 Å². The highest BCUT2D eigenvalue weighted by Crippen LogP contribution is 2.24. The number of furan rings is 2. The number of carbonyl (C=O) groups excluding carboxylic acids is 2. The number of nitrogens with zero attached hydrogens (tertiary/aromatic N) is 2. The molecule has 0 saturated heterocycles. The summed E-state index contributed by atoms with van der Waals surface area (Å²) in [6.45, 7) is 0.307. The number of hydrogen-bond acceptors (Lipinski definition) is 6. The van der Waals surface area contributed by atoms with Crippen molar-refractivity contribution in [1.29, 1.82) is 0 Å². The van der Waals surface area contributed by atoms with Crippen molar-refractivity contribution in [1.82, 2.24) is 15.1 Å². The Kier molecular flexibility index (Phi) is 6.27. The van der Waals surface area contributed by atoms with Crippen LogP contribution >= 0.6 is 11.6 Å². The normalized spacial score (nSPS) is 10.7. The van der Waals surface area contributed by atoms with Crippen LogP contribution in [0.1, 0.15) is 32.6 Å². The molecule has 0 unspecified atom stereocenters. The Labute approximate surface area is 187 Å². The maximum atomic E-state index is 12.6. The number of rotatable bonds is 8. The number of carbonyl (C=O) groups is 2. The molecule has 0 atom stereocenters. The molecule has 10 heteroatoms. The fourth-order valence-corrected chi connectivity index (χ4v) is 3.12. The van der Waals surface area contributed by atoms with Crippen LogP contribution in [0.25, 0.3) is 0 Å². The zero-order valence-corrected chi connectivity index (χ0v) is 17.8. The summed E-state index contributed by atoms with van der Waals surface area (Å²) in [5, 5.41) is 9.92. The summed E-state index contributed by atoms with van der Waals surface area (Å²) in [4.78, 5) is 25.2. The first-order chi connectivity index (χ1) is 15.5. The molecule has 0 radical (unpaired) electrons. The fraction of sp³-hybridized carbons (Fsp3) is 0.136. The van der Waals surface area contributed by atoms with Gasteiger partial charge in [0.2, 0.25) is 0 Å². The van der Waals surface area contributed by atoms with Crippen molar-refractivity contribution in [3.05, 3.63) is 89.0 Å². The molecule has 1 aromatic carbocycles. The summed E-state index contributed by atoms with van der Waals surface area (Å²) in [5.41, 5.74) is 0.443. The predicted octanol–water partition coefficient (Wildman–Crippen LogP) is 4.02. The Morgan fingerprint density at radius 3 is 2.72 bits per heavy atom. The molecule has 0 aliphatic rings. The van der Waals surface area contributed by atoms with Gasteiger partial charge in [0.15, 0.2) is 5.76 Å². The van der Waals surface area contributed by atoms with Crippen LogP contribution in [0.4, 0.5) is 5.69 Å². The van der Waals surface area contributed by atoms with E-state index in [2.05, 4.69) is 15.7 Å². The van der Waals surface area contributed by atoms with Gasteiger partial charge in [-0.05, 0) is 36.4 Å². The number of hydrogen-bond donors (Lipinski definition) is 2. The van der Waals surface area contributed by atoms with Crippen molar-refractivity contribution in [2.75, 3.05) is 5.32 Å². The van der Waals surface area contributed by atoms with E-state index in [4.69, 9.17) is 25.2 Å². The van der Waals surface area contributed by atoms with Crippen LogP contribution in [-0.4, -0.2) is 21.6 Å². The summed E-state index contributed by atoms with van der Waals surface area (Å²) < 4.78 is 17.8. The van der Waals surface area contributed by atoms with Gasteiger partial charge < -0.3 is 24.2 Å². The minimum absolute atomic E-state index is 0.0635. The van der Waals surface area contributed by atoms with Gasteiger partial charge in [-0.15, -0.1) is 0 Å². The maximum Gasteiger partial charge on any atom is 0.291 e. The van der Waals surface area contributed by atoms with E-state index in [0.29, 0.717) is 22.3 Å². The van der Waals surface area contributed by atoms with Crippen molar-refractivity contribution < 1.29 is 23.2 Å². The van der Waals surface area contributed by atoms with Gasteiger partial charge in [0.1, 0.15) is 29.6 Å². The van der Waals surface area contributed by atoms with E-state index in [1.165, 1.54) is 23.2 Å². The Balaban J connectivity index is 1.39. The zero-order valence-electron chi connectivity index (χ0n) is 17.0. The Morgan fingerprint density at radius 2 is 1.94 bits per heavy atom. The van der Waals surface area contributed by atoms with Crippen LogP contribution in [0.2, 0.25) is 5.02 Å². The molecule has 2 amide bonds. The van der Waals surface area contributed by atoms with E-state index in [-0.39, 0.29) is 30.3 Å². The van der Waals surface area contributed by atoms with Crippen molar-refractivity contribution in [2.45, 2.75) is 13.2 Å². The summed E-state index contributed by atoms with van der Waals surface area (Å²) in [6.07, 6.45) is 2.92. The lowest BCUT2D eigenvalue weighted by Gasteiger charge is -2.08. The van der Waals surface area contributed by atoms with Gasteiger partial charge in [0.05, 0.1) is 29.7 Å². The van der Waals surface area contributed by atoms with Crippen molar-refractivity contribution >= 4 is 29.1 Å². The number of aromatic nitrogens is 2. The average molecular weight is 455 g/mol. The molecular weight excluding hydrogens is 436 g/mol. The lowest BCUT2D eigenvalue weighted by atomic mass is 10.3. The monoisotopic (exact) mass is 454 g/mol. The molecule has 0 spiro atoms. The Bertz CT molecular complexity index is 1230. The van der Waals surface area contributed by atoms with Crippen LogP contribution in [-0.2, 0) is 20.2 Å². The molecule has 0 fully saturated rings. The molecule has 3 heterocycles. The smallest absolute Gasteiger partial charge is 0.291 e. The molecule has 32 heavy (non-hydrogen) atoms. The molecule has 164 valence electrons. The third-order valence-electron chi connectivity index (χ3n) is 4.50. The Hall–Kier alpha value is -3.98. The van der Waals surface area contributed by atoms with Crippen LogP contribution in [0.3, 0.4) is 0 Å². The first-order valence-electron chi connectivity index (χ1n) is 9.61. The van der Waals surface area contributed by atoms with E-state index in [1.54, 1.807) is 49.5 Å². The van der Waals surface area contributed by atoms with Crippen molar-refractivity contribution in [3.63, 3.8) is 0 Å². The minimum Gasteiger partial charge on any atom is -0.484 e. The minimum atomic E-state index is -0.526. The van der Waals surface area contributed by atoms with Gasteiger partial charge in [0, 0.05) is 7.05 Å². The summed E-state index contributed by atoms with van der Waals surface area (Å²) in [5.74, 6) is 0.684. The molecule has 2 N–H and O–H groups in total. The second-order valence-electron chi connectivity index (χ2n) is 6.73. The number of benzene rings is 1. The number of anilines is 1. The third kappa shape index (κ3) is 4.84. The number of amides is 2. The fourth-order valence-electron chi connectivity index (χ4n) is 2.93. The maximum absolute atomic E-state index is 12.6. The average Bonchev–Trinajstić information content (AvgIpc) is 3.53. The Morgan fingerprint density at radius 1 is 1.09 bits per heavy atom. The second kappa shape index (κ2) is 9.44. The molecule has 0 aliphatic carbocycles. The van der Waals surface area contributed by atoms with E-state index in [1.807, 2.05) is 0 Å². The zero-order chi connectivity index (χ0) is 22.5. The first-order valence-corrected chi connectivity index (χ1v) is 9.99. The van der Waals surface area contributed by atoms with Crippen molar-refractivity contribution in [3.8, 4) is 5.75 Å². The lowest BCUT2D eigenvalue weighted by molar-refractivity contribution is 0.0939. The van der Waals surface area contributed by atoms with Gasteiger partial charge in [-0.2, -0.15) is 5.10 Å². The van der Waals surface area contributed by atoms with E-state index in [9.17, 15) is 9.59 Å². The SMILES string of the molecule is Cn1ncc(NC(=O)c2ccc(COc3ccccc3Cl)o2)c1C(=O)NCc1ccco1. The standard InChI is InChI=1S/C22H19ClN4O5/c1-27-20(22(29)24-11-14-5-4-10-30-14)17(12-25-27)26-21(28)19-9-8-15(32-19)13-31-18-7-3-2-6-16(18)23/h2-10,12H,11,13H2,1H3,(H,24,29)(H,26,28). The molecule has 0 aliphatic heterocycles.